The Hall–Kier alpha value is -2.53. The lowest BCUT2D eigenvalue weighted by molar-refractivity contribution is -0.131. The average molecular weight is 386 g/mol. The molecule has 3 rings (SSSR count). The minimum absolute atomic E-state index is 0.104. The number of amides is 1. The zero-order valence-corrected chi connectivity index (χ0v) is 16.3. The van der Waals surface area contributed by atoms with Crippen molar-refractivity contribution in [2.75, 3.05) is 19.9 Å². The van der Waals surface area contributed by atoms with Crippen LogP contribution < -0.4 is 4.74 Å². The van der Waals surface area contributed by atoms with Crippen molar-refractivity contribution in [2.45, 2.75) is 42.9 Å². The Labute approximate surface area is 162 Å². The van der Waals surface area contributed by atoms with Gasteiger partial charge in [-0.25, -0.2) is 0 Å². The maximum Gasteiger partial charge on any atom is 0.277 e. The summed E-state index contributed by atoms with van der Waals surface area (Å²) < 4.78 is 10.8. The molecule has 7 nitrogen and oxygen atoms in total. The molecule has 0 spiro atoms. The van der Waals surface area contributed by atoms with Crippen molar-refractivity contribution in [3.63, 3.8) is 0 Å². The number of aromatic nitrogens is 2. The standard InChI is InChI=1S/C19H22N4O3S/c1-23(19(13-20)10-4-3-5-11-19)16(24)12-27-18-22-21-17(26-18)14-6-8-15(25-2)9-7-14/h6-9H,3-5,10-12H2,1-2H3. The topological polar surface area (TPSA) is 92.3 Å². The van der Waals surface area contributed by atoms with Crippen LogP contribution in [0.5, 0.6) is 5.75 Å². The van der Waals surface area contributed by atoms with Gasteiger partial charge in [0, 0.05) is 12.6 Å². The van der Waals surface area contributed by atoms with E-state index in [9.17, 15) is 10.1 Å². The Bertz CT molecular complexity index is 822. The van der Waals surface area contributed by atoms with Crippen molar-refractivity contribution in [2.24, 2.45) is 0 Å². The first-order valence-corrected chi connectivity index (χ1v) is 9.85. The van der Waals surface area contributed by atoms with E-state index >= 15 is 0 Å². The second kappa shape index (κ2) is 8.44. The third kappa shape index (κ3) is 4.25. The van der Waals surface area contributed by atoms with E-state index in [2.05, 4.69) is 16.3 Å². The lowest BCUT2D eigenvalue weighted by atomic mass is 9.81. The van der Waals surface area contributed by atoms with Crippen LogP contribution in [0.1, 0.15) is 32.1 Å². The highest BCUT2D eigenvalue weighted by molar-refractivity contribution is 7.99. The molecule has 0 N–H and O–H groups in total. The predicted octanol–water partition coefficient (Wildman–Crippen LogP) is 3.52. The summed E-state index contributed by atoms with van der Waals surface area (Å²) in [7, 11) is 3.32. The summed E-state index contributed by atoms with van der Waals surface area (Å²) in [5, 5.41) is 18.0. The molecule has 1 amide bonds. The molecule has 0 unspecified atom stereocenters. The Morgan fingerprint density at radius 1 is 1.30 bits per heavy atom. The highest BCUT2D eigenvalue weighted by Gasteiger charge is 2.38. The highest BCUT2D eigenvalue weighted by atomic mass is 32.2. The first-order valence-electron chi connectivity index (χ1n) is 8.86. The quantitative estimate of drug-likeness (QED) is 0.701. The van der Waals surface area contributed by atoms with Gasteiger partial charge in [-0.1, -0.05) is 31.0 Å². The number of hydrogen-bond donors (Lipinski definition) is 0. The maximum absolute atomic E-state index is 12.6. The zero-order valence-electron chi connectivity index (χ0n) is 15.5. The molecular formula is C19H22N4O3S. The van der Waals surface area contributed by atoms with Gasteiger partial charge in [-0.2, -0.15) is 5.26 Å². The molecule has 8 heteroatoms. The molecule has 0 saturated heterocycles. The van der Waals surface area contributed by atoms with Crippen LogP contribution in [0.15, 0.2) is 33.9 Å². The number of thioether (sulfide) groups is 1. The predicted molar refractivity (Wildman–Crippen MR) is 101 cm³/mol. The number of nitrogens with zero attached hydrogens (tertiary/aromatic N) is 4. The number of benzene rings is 1. The van der Waals surface area contributed by atoms with E-state index in [0.29, 0.717) is 11.1 Å². The molecule has 1 saturated carbocycles. The van der Waals surface area contributed by atoms with Crippen LogP contribution in [0.4, 0.5) is 0 Å². The van der Waals surface area contributed by atoms with Gasteiger partial charge in [0.25, 0.3) is 5.22 Å². The van der Waals surface area contributed by atoms with Gasteiger partial charge < -0.3 is 14.1 Å². The highest BCUT2D eigenvalue weighted by Crippen LogP contribution is 2.33. The summed E-state index contributed by atoms with van der Waals surface area (Å²) in [6.07, 6.45) is 4.55. The summed E-state index contributed by atoms with van der Waals surface area (Å²) in [5.41, 5.74) is 0.100. The van der Waals surface area contributed by atoms with Gasteiger partial charge in [0.1, 0.15) is 11.3 Å². The van der Waals surface area contributed by atoms with Gasteiger partial charge in [-0.05, 0) is 37.1 Å². The van der Waals surface area contributed by atoms with Crippen LogP contribution in [0.3, 0.4) is 0 Å². The summed E-state index contributed by atoms with van der Waals surface area (Å²) >= 11 is 1.19. The van der Waals surface area contributed by atoms with Crippen LogP contribution in [-0.4, -0.2) is 46.5 Å². The first-order chi connectivity index (χ1) is 13.1. The van der Waals surface area contributed by atoms with Gasteiger partial charge in [0.05, 0.1) is 18.9 Å². The molecule has 1 aromatic heterocycles. The molecule has 1 aliphatic rings. The lowest BCUT2D eigenvalue weighted by Gasteiger charge is -2.38. The molecule has 1 fully saturated rings. The van der Waals surface area contributed by atoms with E-state index in [4.69, 9.17) is 9.15 Å². The number of methoxy groups -OCH3 is 1. The van der Waals surface area contributed by atoms with Crippen LogP contribution in [0.2, 0.25) is 0 Å². The van der Waals surface area contributed by atoms with E-state index in [1.54, 1.807) is 19.1 Å². The number of carbonyl (C=O) groups excluding carboxylic acids is 1. The van der Waals surface area contributed by atoms with Gasteiger partial charge >= 0.3 is 0 Å². The summed E-state index contributed by atoms with van der Waals surface area (Å²) in [6, 6.07) is 9.66. The number of ether oxygens (including phenoxy) is 1. The fourth-order valence-electron chi connectivity index (χ4n) is 3.24. The normalized spacial score (nSPS) is 15.7. The minimum atomic E-state index is -0.682. The Morgan fingerprint density at radius 3 is 2.63 bits per heavy atom. The number of carbonyl (C=O) groups is 1. The van der Waals surface area contributed by atoms with Crippen molar-refractivity contribution in [3.8, 4) is 23.3 Å². The van der Waals surface area contributed by atoms with Crippen molar-refractivity contribution in [1.82, 2.24) is 15.1 Å². The van der Waals surface area contributed by atoms with E-state index in [-0.39, 0.29) is 11.7 Å². The Morgan fingerprint density at radius 2 is 2.00 bits per heavy atom. The summed E-state index contributed by atoms with van der Waals surface area (Å²) in [6.45, 7) is 0. The molecular weight excluding hydrogens is 364 g/mol. The third-order valence-electron chi connectivity index (χ3n) is 4.97. The monoisotopic (exact) mass is 386 g/mol. The molecule has 0 atom stereocenters. The molecule has 1 heterocycles. The molecule has 2 aromatic rings. The number of nitriles is 1. The maximum atomic E-state index is 12.6. The lowest BCUT2D eigenvalue weighted by Crippen LogP contribution is -2.50. The van der Waals surface area contributed by atoms with E-state index in [0.717, 1.165) is 43.4 Å². The third-order valence-corrected chi connectivity index (χ3v) is 5.77. The fraction of sp³-hybridized carbons (Fsp3) is 0.474. The molecule has 0 radical (unpaired) electrons. The fourth-order valence-corrected chi connectivity index (χ4v) is 3.91. The Kier molecular flexibility index (Phi) is 6.01. The molecule has 27 heavy (non-hydrogen) atoms. The minimum Gasteiger partial charge on any atom is -0.497 e. The second-order valence-corrected chi connectivity index (χ2v) is 7.47. The SMILES string of the molecule is COc1ccc(-c2nnc(SCC(=O)N(C)C3(C#N)CCCCC3)o2)cc1. The number of hydrogen-bond acceptors (Lipinski definition) is 7. The van der Waals surface area contributed by atoms with E-state index in [1.165, 1.54) is 11.8 Å². The Balaban J connectivity index is 1.60. The van der Waals surface area contributed by atoms with E-state index in [1.807, 2.05) is 24.3 Å². The van der Waals surface area contributed by atoms with Gasteiger partial charge in [-0.3, -0.25) is 4.79 Å². The molecule has 0 bridgehead atoms. The molecule has 1 aliphatic carbocycles. The van der Waals surface area contributed by atoms with Gasteiger partial charge in [0.15, 0.2) is 0 Å². The van der Waals surface area contributed by atoms with Crippen LogP contribution in [0.25, 0.3) is 11.5 Å². The average Bonchev–Trinajstić information content (AvgIpc) is 3.21. The second-order valence-electron chi connectivity index (χ2n) is 6.55. The first kappa shape index (κ1) is 19.2. The van der Waals surface area contributed by atoms with Crippen LogP contribution in [0, 0.1) is 11.3 Å². The molecule has 0 aliphatic heterocycles. The number of rotatable bonds is 6. The smallest absolute Gasteiger partial charge is 0.277 e. The summed E-state index contributed by atoms with van der Waals surface area (Å²) in [5.74, 6) is 1.19. The molecule has 142 valence electrons. The summed E-state index contributed by atoms with van der Waals surface area (Å²) in [4.78, 5) is 14.2. The van der Waals surface area contributed by atoms with Gasteiger partial charge in [-0.15, -0.1) is 10.2 Å². The van der Waals surface area contributed by atoms with Crippen molar-refractivity contribution < 1.29 is 13.9 Å². The largest absolute Gasteiger partial charge is 0.497 e. The van der Waals surface area contributed by atoms with E-state index < -0.39 is 5.54 Å². The van der Waals surface area contributed by atoms with Crippen LogP contribution in [-0.2, 0) is 4.79 Å². The van der Waals surface area contributed by atoms with Crippen molar-refractivity contribution in [1.29, 1.82) is 5.26 Å². The van der Waals surface area contributed by atoms with Crippen molar-refractivity contribution >= 4 is 17.7 Å². The van der Waals surface area contributed by atoms with Crippen molar-refractivity contribution in [3.05, 3.63) is 24.3 Å². The van der Waals surface area contributed by atoms with Crippen LogP contribution >= 0.6 is 11.8 Å². The zero-order chi connectivity index (χ0) is 19.3. The van der Waals surface area contributed by atoms with Gasteiger partial charge in [0.2, 0.25) is 11.8 Å². The molecule has 1 aromatic carbocycles.